The largest absolute Gasteiger partial charge is 0.465 e. The first kappa shape index (κ1) is 17.2. The van der Waals surface area contributed by atoms with Gasteiger partial charge in [-0.3, -0.25) is 0 Å². The zero-order valence-corrected chi connectivity index (χ0v) is 14.1. The standard InChI is InChI=1S/C19H28N2O3/c22-17(13-20-19-9-6-14(7-10-19)8-11-19)16(21-18(23)24)12-15-4-2-1-3-5-15/h1-5,14,16-17,20-22H,6-13H2,(H,23,24)/t14?,16-,17+,19?/m0/s1. The Labute approximate surface area is 143 Å². The van der Waals surface area contributed by atoms with E-state index in [0.717, 1.165) is 11.5 Å². The highest BCUT2D eigenvalue weighted by Crippen LogP contribution is 2.43. The molecule has 0 aromatic heterocycles. The number of rotatable bonds is 7. The summed E-state index contributed by atoms with van der Waals surface area (Å²) < 4.78 is 0. The Kier molecular flexibility index (Phi) is 5.41. The second-order valence-electron chi connectivity index (χ2n) is 7.46. The van der Waals surface area contributed by atoms with Crippen molar-refractivity contribution < 1.29 is 15.0 Å². The van der Waals surface area contributed by atoms with E-state index in [2.05, 4.69) is 10.6 Å². The lowest BCUT2D eigenvalue weighted by Crippen LogP contribution is -2.56. The van der Waals surface area contributed by atoms with Crippen LogP contribution in [-0.4, -0.2) is 40.5 Å². The van der Waals surface area contributed by atoms with E-state index >= 15 is 0 Å². The summed E-state index contributed by atoms with van der Waals surface area (Å²) >= 11 is 0. The number of benzene rings is 1. The Morgan fingerprint density at radius 3 is 2.38 bits per heavy atom. The maximum Gasteiger partial charge on any atom is 0.404 e. The Bertz CT molecular complexity index is 527. The van der Waals surface area contributed by atoms with Crippen LogP contribution in [0.1, 0.15) is 44.1 Å². The van der Waals surface area contributed by atoms with Gasteiger partial charge in [0.1, 0.15) is 0 Å². The molecule has 0 aliphatic heterocycles. The maximum absolute atomic E-state index is 11.1. The number of hydrogen-bond acceptors (Lipinski definition) is 3. The fourth-order valence-electron chi connectivity index (χ4n) is 4.29. The van der Waals surface area contributed by atoms with Gasteiger partial charge in [-0.05, 0) is 56.4 Å². The van der Waals surface area contributed by atoms with Crippen LogP contribution in [-0.2, 0) is 6.42 Å². The molecule has 5 heteroatoms. The van der Waals surface area contributed by atoms with Gasteiger partial charge < -0.3 is 20.8 Å². The molecule has 4 N–H and O–H groups in total. The first-order chi connectivity index (χ1) is 11.6. The molecule has 4 rings (SSSR count). The van der Waals surface area contributed by atoms with Crippen LogP contribution >= 0.6 is 0 Å². The highest BCUT2D eigenvalue weighted by Gasteiger charge is 2.40. The molecular formula is C19H28N2O3. The summed E-state index contributed by atoms with van der Waals surface area (Å²) in [4.78, 5) is 11.1. The predicted molar refractivity (Wildman–Crippen MR) is 93.0 cm³/mol. The zero-order chi connectivity index (χ0) is 17.0. The summed E-state index contributed by atoms with van der Waals surface area (Å²) in [5.41, 5.74) is 1.18. The molecule has 24 heavy (non-hydrogen) atoms. The molecule has 1 aromatic carbocycles. The first-order valence-electron chi connectivity index (χ1n) is 9.03. The Hall–Kier alpha value is -1.59. The average Bonchev–Trinajstić information content (AvgIpc) is 2.61. The van der Waals surface area contributed by atoms with Crippen molar-refractivity contribution in [1.29, 1.82) is 0 Å². The number of aliphatic hydroxyl groups is 1. The highest BCUT2D eigenvalue weighted by atomic mass is 16.4. The van der Waals surface area contributed by atoms with E-state index in [1.165, 1.54) is 38.5 Å². The summed E-state index contributed by atoms with van der Waals surface area (Å²) in [5, 5.41) is 25.7. The molecule has 3 aliphatic carbocycles. The molecule has 132 valence electrons. The lowest BCUT2D eigenvalue weighted by molar-refractivity contribution is 0.0690. The smallest absolute Gasteiger partial charge is 0.404 e. The van der Waals surface area contributed by atoms with Gasteiger partial charge in [-0.25, -0.2) is 4.79 Å². The van der Waals surface area contributed by atoms with Crippen molar-refractivity contribution in [2.24, 2.45) is 5.92 Å². The molecule has 5 nitrogen and oxygen atoms in total. The average molecular weight is 332 g/mol. The molecule has 3 aliphatic rings. The molecule has 0 unspecified atom stereocenters. The summed E-state index contributed by atoms with van der Waals surface area (Å²) in [5.74, 6) is 0.901. The van der Waals surface area contributed by atoms with Gasteiger partial charge in [-0.1, -0.05) is 30.3 Å². The van der Waals surface area contributed by atoms with Gasteiger partial charge in [0.15, 0.2) is 0 Å². The van der Waals surface area contributed by atoms with Gasteiger partial charge >= 0.3 is 6.09 Å². The molecule has 0 spiro atoms. The Balaban J connectivity index is 1.58. The molecule has 1 amide bonds. The van der Waals surface area contributed by atoms with E-state index in [4.69, 9.17) is 5.11 Å². The first-order valence-corrected chi connectivity index (χ1v) is 9.03. The molecule has 3 fully saturated rings. The van der Waals surface area contributed by atoms with Crippen molar-refractivity contribution in [2.75, 3.05) is 6.54 Å². The Morgan fingerprint density at radius 2 is 1.79 bits per heavy atom. The summed E-state index contributed by atoms with van der Waals surface area (Å²) in [7, 11) is 0. The molecule has 2 atom stereocenters. The van der Waals surface area contributed by atoms with E-state index in [1.54, 1.807) is 0 Å². The van der Waals surface area contributed by atoms with Crippen LogP contribution < -0.4 is 10.6 Å². The molecule has 3 saturated carbocycles. The monoisotopic (exact) mass is 332 g/mol. The van der Waals surface area contributed by atoms with Gasteiger partial charge in [0.05, 0.1) is 12.1 Å². The maximum atomic E-state index is 11.1. The number of nitrogens with one attached hydrogen (secondary N) is 2. The van der Waals surface area contributed by atoms with Crippen LogP contribution in [0.2, 0.25) is 0 Å². The Morgan fingerprint density at radius 1 is 1.17 bits per heavy atom. The second kappa shape index (κ2) is 7.53. The third kappa shape index (κ3) is 4.28. The summed E-state index contributed by atoms with van der Waals surface area (Å²) in [6, 6.07) is 9.19. The molecule has 0 radical (unpaired) electrons. The molecule has 0 saturated heterocycles. The van der Waals surface area contributed by atoms with Gasteiger partial charge in [0, 0.05) is 12.1 Å². The van der Waals surface area contributed by atoms with Crippen LogP contribution in [0.4, 0.5) is 4.79 Å². The molecule has 0 heterocycles. The van der Waals surface area contributed by atoms with Crippen LogP contribution in [0.5, 0.6) is 0 Å². The van der Waals surface area contributed by atoms with Crippen molar-refractivity contribution >= 4 is 6.09 Å². The fourth-order valence-corrected chi connectivity index (χ4v) is 4.29. The lowest BCUT2D eigenvalue weighted by atomic mass is 9.66. The number of fused-ring (bicyclic) bond motifs is 3. The fraction of sp³-hybridized carbons (Fsp3) is 0.632. The quantitative estimate of drug-likeness (QED) is 0.618. The van der Waals surface area contributed by atoms with E-state index < -0.39 is 18.2 Å². The normalized spacial score (nSPS) is 28.3. The minimum atomic E-state index is -1.09. The van der Waals surface area contributed by atoms with Crippen molar-refractivity contribution in [2.45, 2.75) is 62.6 Å². The van der Waals surface area contributed by atoms with E-state index in [0.29, 0.717) is 13.0 Å². The highest BCUT2D eigenvalue weighted by molar-refractivity contribution is 5.65. The van der Waals surface area contributed by atoms with Crippen molar-refractivity contribution in [3.8, 4) is 0 Å². The van der Waals surface area contributed by atoms with Crippen molar-refractivity contribution in [3.05, 3.63) is 35.9 Å². The molecule has 2 bridgehead atoms. The van der Waals surface area contributed by atoms with Crippen LogP contribution in [0.25, 0.3) is 0 Å². The van der Waals surface area contributed by atoms with Crippen molar-refractivity contribution in [3.63, 3.8) is 0 Å². The number of carboxylic acid groups (broad SMARTS) is 1. The SMILES string of the molecule is O=C(O)N[C@@H](Cc1ccccc1)[C@H](O)CNC12CCC(CC1)CC2. The lowest BCUT2D eigenvalue weighted by Gasteiger charge is -2.47. The number of β-amino-alcohol motifs (C(OH)–C–C–N with tert-alkyl or cyclic N) is 1. The number of hydrogen-bond donors (Lipinski definition) is 4. The minimum Gasteiger partial charge on any atom is -0.465 e. The van der Waals surface area contributed by atoms with Gasteiger partial charge in [-0.15, -0.1) is 0 Å². The van der Waals surface area contributed by atoms with E-state index in [-0.39, 0.29) is 5.54 Å². The van der Waals surface area contributed by atoms with E-state index in [1.807, 2.05) is 30.3 Å². The van der Waals surface area contributed by atoms with Crippen LogP contribution in [0.3, 0.4) is 0 Å². The number of carbonyl (C=O) groups is 1. The third-order valence-electron chi connectivity index (χ3n) is 5.85. The van der Waals surface area contributed by atoms with Gasteiger partial charge in [-0.2, -0.15) is 0 Å². The minimum absolute atomic E-state index is 0.163. The van der Waals surface area contributed by atoms with Crippen LogP contribution in [0.15, 0.2) is 30.3 Å². The van der Waals surface area contributed by atoms with Crippen LogP contribution in [0, 0.1) is 5.92 Å². The molecule has 1 aromatic rings. The van der Waals surface area contributed by atoms with Gasteiger partial charge in [0.2, 0.25) is 0 Å². The zero-order valence-electron chi connectivity index (χ0n) is 14.1. The van der Waals surface area contributed by atoms with Crippen molar-refractivity contribution in [1.82, 2.24) is 10.6 Å². The summed E-state index contributed by atoms with van der Waals surface area (Å²) in [6.07, 6.45) is 6.05. The number of amides is 1. The third-order valence-corrected chi connectivity index (χ3v) is 5.85. The topological polar surface area (TPSA) is 81.6 Å². The van der Waals surface area contributed by atoms with E-state index in [9.17, 15) is 9.90 Å². The number of aliphatic hydroxyl groups excluding tert-OH is 1. The van der Waals surface area contributed by atoms with Gasteiger partial charge in [0.25, 0.3) is 0 Å². The summed E-state index contributed by atoms with van der Waals surface area (Å²) in [6.45, 7) is 0.433. The molecular weight excluding hydrogens is 304 g/mol. The predicted octanol–water partition coefficient (Wildman–Crippen LogP) is 2.54. The second-order valence-corrected chi connectivity index (χ2v) is 7.46.